The lowest BCUT2D eigenvalue weighted by molar-refractivity contribution is -0.384. The van der Waals surface area contributed by atoms with Crippen LogP contribution in [0.15, 0.2) is 18.2 Å². The van der Waals surface area contributed by atoms with Gasteiger partial charge in [-0.3, -0.25) is 15.0 Å². The molecule has 1 aromatic carbocycles. The van der Waals surface area contributed by atoms with E-state index in [0.29, 0.717) is 51.4 Å². The quantitative estimate of drug-likeness (QED) is 0.224. The highest BCUT2D eigenvalue weighted by Gasteiger charge is 2.29. The lowest BCUT2D eigenvalue weighted by Crippen LogP contribution is -2.40. The summed E-state index contributed by atoms with van der Waals surface area (Å²) < 4.78 is 25.8. The van der Waals surface area contributed by atoms with E-state index in [-0.39, 0.29) is 36.4 Å². The first-order chi connectivity index (χ1) is 14.5. The number of unbranched alkanes of at least 4 members (excludes halogenated alkanes) is 1. The highest BCUT2D eigenvalue weighted by molar-refractivity contribution is 6.32. The Kier molecular flexibility index (Phi) is 9.67. The smallest absolute Gasteiger partial charge is 0.402 e. The van der Waals surface area contributed by atoms with E-state index in [1.807, 2.05) is 0 Å². The van der Waals surface area contributed by atoms with Gasteiger partial charge in [-0.2, -0.15) is 4.68 Å². The highest BCUT2D eigenvalue weighted by Crippen LogP contribution is 2.29. The standard InChI is InChI=1S/C16H22BFN6O6.ClH/c18-13-5-4-12(24(27)28)11-15(13)23-16(19-20-21-23)14(22-6-9-29-10-7-22)3-1-2-8-30-17(25)26;/h4-5,11,14,25-26H,1-3,6-10H2;1H. The number of rotatable bonds is 10. The molecule has 3 rings (SSSR count). The van der Waals surface area contributed by atoms with E-state index in [9.17, 15) is 14.5 Å². The second-order valence-electron chi connectivity index (χ2n) is 6.70. The maximum atomic E-state index is 14.5. The third kappa shape index (κ3) is 6.63. The van der Waals surface area contributed by atoms with Crippen molar-refractivity contribution in [1.29, 1.82) is 0 Å². The minimum Gasteiger partial charge on any atom is -0.402 e. The van der Waals surface area contributed by atoms with E-state index < -0.39 is 18.1 Å². The van der Waals surface area contributed by atoms with E-state index in [1.165, 1.54) is 4.68 Å². The van der Waals surface area contributed by atoms with E-state index >= 15 is 0 Å². The highest BCUT2D eigenvalue weighted by atomic mass is 35.5. The van der Waals surface area contributed by atoms with Crippen LogP contribution >= 0.6 is 12.4 Å². The Labute approximate surface area is 183 Å². The summed E-state index contributed by atoms with van der Waals surface area (Å²) in [5.41, 5.74) is -0.371. The molecule has 0 amide bonds. The molecule has 31 heavy (non-hydrogen) atoms. The first-order valence-electron chi connectivity index (χ1n) is 9.49. The third-order valence-electron chi connectivity index (χ3n) is 4.79. The lowest BCUT2D eigenvalue weighted by atomic mass is 10.1. The van der Waals surface area contributed by atoms with Crippen LogP contribution in [0.4, 0.5) is 10.1 Å². The van der Waals surface area contributed by atoms with Gasteiger partial charge in [-0.15, -0.1) is 17.5 Å². The van der Waals surface area contributed by atoms with Crippen molar-refractivity contribution in [2.75, 3.05) is 32.9 Å². The predicted molar refractivity (Wildman–Crippen MR) is 108 cm³/mol. The normalized spacial score (nSPS) is 15.3. The molecule has 0 radical (unpaired) electrons. The van der Waals surface area contributed by atoms with Crippen LogP contribution < -0.4 is 0 Å². The number of nitro benzene ring substituents is 1. The Morgan fingerprint density at radius 3 is 2.74 bits per heavy atom. The van der Waals surface area contributed by atoms with Crippen LogP contribution in [0, 0.1) is 15.9 Å². The number of ether oxygens (including phenoxy) is 1. The molecule has 2 N–H and O–H groups in total. The Morgan fingerprint density at radius 1 is 1.32 bits per heavy atom. The van der Waals surface area contributed by atoms with Crippen molar-refractivity contribution < 1.29 is 28.8 Å². The van der Waals surface area contributed by atoms with Gasteiger partial charge in [-0.25, -0.2) is 4.39 Å². The van der Waals surface area contributed by atoms with Crippen LogP contribution in [0.25, 0.3) is 5.69 Å². The van der Waals surface area contributed by atoms with Crippen molar-refractivity contribution in [2.24, 2.45) is 0 Å². The fourth-order valence-electron chi connectivity index (χ4n) is 3.34. The van der Waals surface area contributed by atoms with Crippen LogP contribution in [-0.4, -0.2) is 80.3 Å². The van der Waals surface area contributed by atoms with E-state index in [2.05, 4.69) is 20.4 Å². The van der Waals surface area contributed by atoms with Crippen molar-refractivity contribution >= 4 is 25.4 Å². The molecular weight excluding hydrogens is 437 g/mol. The molecule has 1 aromatic heterocycles. The Morgan fingerprint density at radius 2 is 2.06 bits per heavy atom. The number of morpholine rings is 1. The average molecular weight is 461 g/mol. The number of hydrogen-bond acceptors (Lipinski definition) is 10. The SMILES string of the molecule is Cl.O=[N+]([O-])c1ccc(F)c(-n2nnnc2C(CCCCOB(O)O)N2CCOCC2)c1. The molecule has 170 valence electrons. The van der Waals surface area contributed by atoms with Crippen LogP contribution in [0.5, 0.6) is 0 Å². The van der Waals surface area contributed by atoms with Gasteiger partial charge >= 0.3 is 7.32 Å². The first-order valence-corrected chi connectivity index (χ1v) is 9.49. The Hall–Kier alpha value is -2.23. The summed E-state index contributed by atoms with van der Waals surface area (Å²) >= 11 is 0. The molecule has 0 bridgehead atoms. The summed E-state index contributed by atoms with van der Waals surface area (Å²) in [5, 5.41) is 40.3. The minimum absolute atomic E-state index is 0. The number of nitro groups is 1. The van der Waals surface area contributed by atoms with Gasteiger partial charge in [0.1, 0.15) is 11.5 Å². The van der Waals surface area contributed by atoms with Crippen molar-refractivity contribution in [1.82, 2.24) is 25.1 Å². The maximum Gasteiger partial charge on any atom is 0.633 e. The van der Waals surface area contributed by atoms with Gasteiger partial charge in [0.05, 0.1) is 24.2 Å². The average Bonchev–Trinajstić information content (AvgIpc) is 3.20. The van der Waals surface area contributed by atoms with E-state index in [1.54, 1.807) is 0 Å². The van der Waals surface area contributed by atoms with Gasteiger partial charge in [0.15, 0.2) is 5.82 Å². The largest absolute Gasteiger partial charge is 0.633 e. The van der Waals surface area contributed by atoms with Crippen LogP contribution in [-0.2, 0) is 9.39 Å². The van der Waals surface area contributed by atoms with Crippen molar-refractivity contribution in [3.63, 3.8) is 0 Å². The van der Waals surface area contributed by atoms with Gasteiger partial charge in [0, 0.05) is 31.8 Å². The third-order valence-corrected chi connectivity index (χ3v) is 4.79. The number of halogens is 2. The summed E-state index contributed by atoms with van der Waals surface area (Å²) in [7, 11) is -1.82. The molecule has 1 unspecified atom stereocenters. The summed E-state index contributed by atoms with van der Waals surface area (Å²) in [6.45, 7) is 2.48. The van der Waals surface area contributed by atoms with Crippen LogP contribution in [0.2, 0.25) is 0 Å². The van der Waals surface area contributed by atoms with Crippen molar-refractivity contribution in [3.05, 3.63) is 40.0 Å². The van der Waals surface area contributed by atoms with Gasteiger partial charge < -0.3 is 19.4 Å². The molecule has 1 atom stereocenters. The summed E-state index contributed by atoms with van der Waals surface area (Å²) in [6, 6.07) is 2.90. The number of aromatic nitrogens is 4. The number of tetrazole rings is 1. The molecule has 2 heterocycles. The molecule has 2 aromatic rings. The van der Waals surface area contributed by atoms with Gasteiger partial charge in [-0.05, 0) is 35.8 Å². The molecule has 1 aliphatic heterocycles. The summed E-state index contributed by atoms with van der Waals surface area (Å²) in [5.74, 6) is -0.320. The predicted octanol–water partition coefficient (Wildman–Crippen LogP) is 0.661. The van der Waals surface area contributed by atoms with Crippen LogP contribution in [0.3, 0.4) is 0 Å². The number of non-ortho nitro benzene ring substituents is 1. The second-order valence-corrected chi connectivity index (χ2v) is 6.70. The molecule has 0 aliphatic carbocycles. The zero-order valence-electron chi connectivity index (χ0n) is 16.5. The van der Waals surface area contributed by atoms with Crippen molar-refractivity contribution in [3.8, 4) is 5.69 Å². The molecule has 15 heteroatoms. The van der Waals surface area contributed by atoms with Crippen molar-refractivity contribution in [2.45, 2.75) is 25.3 Å². The fraction of sp³-hybridized carbons (Fsp3) is 0.562. The molecule has 1 saturated heterocycles. The van der Waals surface area contributed by atoms with E-state index in [0.717, 1.165) is 18.2 Å². The van der Waals surface area contributed by atoms with Crippen LogP contribution in [0.1, 0.15) is 31.1 Å². The van der Waals surface area contributed by atoms with Gasteiger partial charge in [0.2, 0.25) is 0 Å². The monoisotopic (exact) mass is 460 g/mol. The maximum absolute atomic E-state index is 14.5. The minimum atomic E-state index is -1.82. The summed E-state index contributed by atoms with van der Waals surface area (Å²) in [4.78, 5) is 12.6. The fourth-order valence-corrected chi connectivity index (χ4v) is 3.34. The zero-order valence-corrected chi connectivity index (χ0v) is 17.4. The summed E-state index contributed by atoms with van der Waals surface area (Å²) in [6.07, 6.45) is 1.80. The topological polar surface area (TPSA) is 149 Å². The first kappa shape index (κ1) is 25.0. The molecule has 1 fully saturated rings. The molecule has 0 spiro atoms. The number of benzene rings is 1. The zero-order chi connectivity index (χ0) is 21.5. The molecular formula is C16H23BClFN6O6. The Balaban J connectivity index is 0.00000341. The molecule has 0 saturated carbocycles. The van der Waals surface area contributed by atoms with E-state index in [4.69, 9.17) is 19.4 Å². The number of hydrogen-bond donors (Lipinski definition) is 2. The number of nitrogens with zero attached hydrogens (tertiary/aromatic N) is 6. The Bertz CT molecular complexity index is 856. The lowest BCUT2D eigenvalue weighted by Gasteiger charge is -2.33. The molecule has 1 aliphatic rings. The molecule has 12 nitrogen and oxygen atoms in total. The van der Waals surface area contributed by atoms with Gasteiger partial charge in [0.25, 0.3) is 5.69 Å². The second kappa shape index (κ2) is 12.0. The van der Waals surface area contributed by atoms with Gasteiger partial charge in [-0.1, -0.05) is 0 Å².